The van der Waals surface area contributed by atoms with Gasteiger partial charge in [-0.25, -0.2) is 0 Å². The molecule has 6 aromatic carbocycles. The summed E-state index contributed by atoms with van der Waals surface area (Å²) >= 11 is 1.30. The molecule has 0 bridgehead atoms. The van der Waals surface area contributed by atoms with Crippen molar-refractivity contribution in [2.45, 2.75) is 17.1 Å². The summed E-state index contributed by atoms with van der Waals surface area (Å²) in [5.74, 6) is -1.29. The van der Waals surface area contributed by atoms with E-state index in [1.54, 1.807) is 67.6 Å². The minimum absolute atomic E-state index is 0.0574. The van der Waals surface area contributed by atoms with Gasteiger partial charge in [-0.2, -0.15) is 0 Å². The number of hydrogen-bond donors (Lipinski definition) is 3. The second kappa shape index (κ2) is 17.0. The molecule has 10 heteroatoms. The Labute approximate surface area is 310 Å². The van der Waals surface area contributed by atoms with E-state index in [2.05, 4.69) is 16.0 Å². The van der Waals surface area contributed by atoms with E-state index in [0.29, 0.717) is 22.5 Å². The first kappa shape index (κ1) is 36.0. The highest BCUT2D eigenvalue weighted by molar-refractivity contribution is 8.00. The van der Waals surface area contributed by atoms with Crippen molar-refractivity contribution < 1.29 is 19.3 Å². The first-order valence-corrected chi connectivity index (χ1v) is 17.5. The molecule has 6 rings (SSSR count). The average Bonchev–Trinajstić information content (AvgIpc) is 3.19. The number of aryl methyl sites for hydroxylation is 1. The number of non-ortho nitro benzene ring substituents is 1. The van der Waals surface area contributed by atoms with Gasteiger partial charge < -0.3 is 16.0 Å². The Kier molecular flexibility index (Phi) is 11.5. The lowest BCUT2D eigenvalue weighted by Gasteiger charge is -2.18. The fourth-order valence-electron chi connectivity index (χ4n) is 5.42. The molecule has 0 aliphatic rings. The number of carbonyl (C=O) groups excluding carboxylic acids is 3. The maximum Gasteiger partial charge on any atom is 0.272 e. The van der Waals surface area contributed by atoms with Crippen molar-refractivity contribution in [2.75, 3.05) is 10.6 Å². The molecule has 9 nitrogen and oxygen atoms in total. The minimum Gasteiger partial charge on any atom is -0.324 e. The van der Waals surface area contributed by atoms with E-state index < -0.39 is 22.0 Å². The van der Waals surface area contributed by atoms with E-state index >= 15 is 0 Å². The molecule has 0 aliphatic carbocycles. The molecular weight excluding hydrogens is 685 g/mol. The Morgan fingerprint density at radius 1 is 0.698 bits per heavy atom. The van der Waals surface area contributed by atoms with Crippen LogP contribution in [-0.4, -0.2) is 22.6 Å². The third-order valence-corrected chi connectivity index (χ3v) is 9.52. The summed E-state index contributed by atoms with van der Waals surface area (Å²) in [6.07, 6.45) is 1.63. The van der Waals surface area contributed by atoms with E-state index in [9.17, 15) is 24.5 Å². The van der Waals surface area contributed by atoms with Crippen LogP contribution in [0, 0.1) is 17.0 Å². The zero-order valence-electron chi connectivity index (χ0n) is 28.6. The zero-order chi connectivity index (χ0) is 37.2. The summed E-state index contributed by atoms with van der Waals surface area (Å²) in [6.45, 7) is 1.77. The molecule has 53 heavy (non-hydrogen) atoms. The predicted octanol–water partition coefficient (Wildman–Crippen LogP) is 9.45. The predicted molar refractivity (Wildman–Crippen MR) is 210 cm³/mol. The first-order chi connectivity index (χ1) is 25.7. The van der Waals surface area contributed by atoms with Gasteiger partial charge in [0.2, 0.25) is 5.91 Å². The SMILES string of the molecule is Cc1ccc([N+](=O)[O-])cc1NC(=O)C(Sc1ccc(NC(=O)/C(=C/c2ccc(-c3ccccc3)cc2)NC(=O)c2ccccc2)cc1)c1ccccc1. The second-order valence-electron chi connectivity index (χ2n) is 12.0. The van der Waals surface area contributed by atoms with Crippen LogP contribution in [0.3, 0.4) is 0 Å². The molecule has 0 radical (unpaired) electrons. The Balaban J connectivity index is 1.20. The van der Waals surface area contributed by atoms with E-state index in [0.717, 1.165) is 27.1 Å². The summed E-state index contributed by atoms with van der Waals surface area (Å²) in [6, 6.07) is 46.9. The first-order valence-electron chi connectivity index (χ1n) is 16.7. The van der Waals surface area contributed by atoms with Crippen molar-refractivity contribution in [2.24, 2.45) is 0 Å². The van der Waals surface area contributed by atoms with Gasteiger partial charge in [0.1, 0.15) is 10.9 Å². The number of thioether (sulfide) groups is 1. The van der Waals surface area contributed by atoms with Crippen molar-refractivity contribution in [3.8, 4) is 11.1 Å². The van der Waals surface area contributed by atoms with E-state index in [1.807, 2.05) is 91.0 Å². The topological polar surface area (TPSA) is 130 Å². The maximum absolute atomic E-state index is 13.7. The van der Waals surface area contributed by atoms with Crippen LogP contribution >= 0.6 is 11.8 Å². The highest BCUT2D eigenvalue weighted by Crippen LogP contribution is 2.37. The molecule has 1 atom stereocenters. The Bertz CT molecular complexity index is 2260. The normalized spacial score (nSPS) is 11.6. The fraction of sp³-hybridized carbons (Fsp3) is 0.0465. The average molecular weight is 719 g/mol. The van der Waals surface area contributed by atoms with Crippen molar-refractivity contribution in [3.63, 3.8) is 0 Å². The number of rotatable bonds is 12. The van der Waals surface area contributed by atoms with Crippen LogP contribution in [0.4, 0.5) is 17.1 Å². The number of nitrogens with one attached hydrogen (secondary N) is 3. The Hall–Kier alpha value is -6.78. The zero-order valence-corrected chi connectivity index (χ0v) is 29.4. The van der Waals surface area contributed by atoms with Gasteiger partial charge >= 0.3 is 0 Å². The summed E-state index contributed by atoms with van der Waals surface area (Å²) in [7, 11) is 0. The summed E-state index contributed by atoms with van der Waals surface area (Å²) < 4.78 is 0. The molecule has 6 aromatic rings. The second-order valence-corrected chi connectivity index (χ2v) is 13.2. The third-order valence-electron chi connectivity index (χ3n) is 8.25. The lowest BCUT2D eigenvalue weighted by molar-refractivity contribution is -0.384. The molecule has 262 valence electrons. The number of nitro benzene ring substituents is 1. The van der Waals surface area contributed by atoms with Gasteiger partial charge in [0.15, 0.2) is 0 Å². The quantitative estimate of drug-likeness (QED) is 0.0500. The van der Waals surface area contributed by atoms with Crippen LogP contribution in [0.2, 0.25) is 0 Å². The van der Waals surface area contributed by atoms with Crippen molar-refractivity contribution >= 4 is 52.6 Å². The molecular formula is C43H34N4O5S. The van der Waals surface area contributed by atoms with Crippen molar-refractivity contribution in [1.29, 1.82) is 0 Å². The Morgan fingerprint density at radius 2 is 1.30 bits per heavy atom. The van der Waals surface area contributed by atoms with Crippen LogP contribution in [0.15, 0.2) is 168 Å². The van der Waals surface area contributed by atoms with E-state index in [-0.39, 0.29) is 17.3 Å². The molecule has 0 saturated heterocycles. The standard InChI is InChI=1S/C43H34N4O5S/c1-29-17-24-36(47(51)52)28-38(29)45-43(50)40(33-13-7-3-8-14-33)53-37-25-22-35(23-26-37)44-42(49)39(46-41(48)34-15-9-4-10-16-34)27-30-18-20-32(21-19-30)31-11-5-2-6-12-31/h2-28,40H,1H3,(H,44,49)(H,45,50)(H,46,48)/b39-27-. The highest BCUT2D eigenvalue weighted by atomic mass is 32.2. The van der Waals surface area contributed by atoms with Crippen LogP contribution in [0.1, 0.15) is 32.3 Å². The highest BCUT2D eigenvalue weighted by Gasteiger charge is 2.24. The number of carbonyl (C=O) groups is 3. The molecule has 0 aromatic heterocycles. The van der Waals surface area contributed by atoms with Gasteiger partial charge in [0.25, 0.3) is 17.5 Å². The van der Waals surface area contributed by atoms with Gasteiger partial charge in [-0.3, -0.25) is 24.5 Å². The van der Waals surface area contributed by atoms with Crippen molar-refractivity contribution in [3.05, 3.63) is 196 Å². The number of amides is 3. The van der Waals surface area contributed by atoms with Gasteiger partial charge in [-0.05, 0) is 77.2 Å². The minimum atomic E-state index is -0.689. The fourth-order valence-corrected chi connectivity index (χ4v) is 6.44. The van der Waals surface area contributed by atoms with Crippen molar-refractivity contribution in [1.82, 2.24) is 5.32 Å². The summed E-state index contributed by atoms with van der Waals surface area (Å²) in [5.41, 5.74) is 5.43. The van der Waals surface area contributed by atoms with Gasteiger partial charge in [0.05, 0.1) is 10.6 Å². The van der Waals surface area contributed by atoms with Crippen LogP contribution in [-0.2, 0) is 9.59 Å². The van der Waals surface area contributed by atoms with Crippen LogP contribution in [0.25, 0.3) is 17.2 Å². The Morgan fingerprint density at radius 3 is 1.94 bits per heavy atom. The number of nitrogens with zero attached hydrogens (tertiary/aromatic N) is 1. The third kappa shape index (κ3) is 9.52. The van der Waals surface area contributed by atoms with Crippen LogP contribution in [0.5, 0.6) is 0 Å². The molecule has 0 spiro atoms. The summed E-state index contributed by atoms with van der Waals surface area (Å²) in [4.78, 5) is 52.1. The molecule has 3 amide bonds. The molecule has 0 heterocycles. The van der Waals surface area contributed by atoms with Gasteiger partial charge in [0, 0.05) is 28.3 Å². The number of benzene rings is 6. The number of anilines is 2. The van der Waals surface area contributed by atoms with E-state index in [1.165, 1.54) is 23.9 Å². The lowest BCUT2D eigenvalue weighted by Crippen LogP contribution is -2.30. The van der Waals surface area contributed by atoms with E-state index in [4.69, 9.17) is 0 Å². The molecule has 0 fully saturated rings. The largest absolute Gasteiger partial charge is 0.324 e. The smallest absolute Gasteiger partial charge is 0.272 e. The monoisotopic (exact) mass is 718 g/mol. The molecule has 3 N–H and O–H groups in total. The van der Waals surface area contributed by atoms with Gasteiger partial charge in [-0.15, -0.1) is 11.8 Å². The molecule has 1 unspecified atom stereocenters. The van der Waals surface area contributed by atoms with Crippen LogP contribution < -0.4 is 16.0 Å². The molecule has 0 aliphatic heterocycles. The van der Waals surface area contributed by atoms with Gasteiger partial charge in [-0.1, -0.05) is 109 Å². The maximum atomic E-state index is 13.7. The summed E-state index contributed by atoms with van der Waals surface area (Å²) in [5, 5.41) is 19.2. The molecule has 0 saturated carbocycles. The number of hydrogen-bond acceptors (Lipinski definition) is 6. The lowest BCUT2D eigenvalue weighted by atomic mass is 10.0. The number of nitro groups is 1.